The van der Waals surface area contributed by atoms with Crippen LogP contribution in [0.1, 0.15) is 5.56 Å². The van der Waals surface area contributed by atoms with Crippen molar-refractivity contribution in [3.05, 3.63) is 102 Å². The van der Waals surface area contributed by atoms with Crippen molar-refractivity contribution in [1.29, 1.82) is 0 Å². The minimum absolute atomic E-state index is 0.0127. The Kier molecular flexibility index (Phi) is 9.39. The zero-order valence-corrected chi connectivity index (χ0v) is 24.2. The average Bonchev–Trinajstić information content (AvgIpc) is 3.01. The molecule has 0 spiro atoms. The molecule has 4 aromatic carbocycles. The topological polar surface area (TPSA) is 127 Å². The molecule has 0 aliphatic rings. The van der Waals surface area contributed by atoms with Crippen molar-refractivity contribution >= 4 is 50.9 Å². The van der Waals surface area contributed by atoms with E-state index in [0.29, 0.717) is 51.2 Å². The van der Waals surface area contributed by atoms with E-state index in [1.807, 2.05) is 24.3 Å². The van der Waals surface area contributed by atoms with Crippen LogP contribution in [-0.4, -0.2) is 40.8 Å². The van der Waals surface area contributed by atoms with Crippen LogP contribution >= 0.6 is 0 Å². The summed E-state index contributed by atoms with van der Waals surface area (Å²) in [6, 6.07) is 25.5. The number of methoxy groups -OCH3 is 2. The summed E-state index contributed by atoms with van der Waals surface area (Å²) >= 11 is 0. The highest BCUT2D eigenvalue weighted by molar-refractivity contribution is 7.86. The van der Waals surface area contributed by atoms with Crippen molar-refractivity contribution in [3.8, 4) is 11.5 Å². The highest BCUT2D eigenvalue weighted by Gasteiger charge is 2.15. The van der Waals surface area contributed by atoms with Gasteiger partial charge in [-0.05, 0) is 48.0 Å². The summed E-state index contributed by atoms with van der Waals surface area (Å²) in [5.74, 6) is 1.13. The number of ether oxygens (including phenoxy) is 2. The van der Waals surface area contributed by atoms with E-state index in [9.17, 15) is 13.4 Å². The van der Waals surface area contributed by atoms with Crippen LogP contribution in [0.25, 0.3) is 11.0 Å². The van der Waals surface area contributed by atoms with Gasteiger partial charge >= 0.3 is 0 Å². The van der Waals surface area contributed by atoms with Gasteiger partial charge in [0, 0.05) is 36.1 Å². The first-order valence-electron chi connectivity index (χ1n) is 13.2. The zero-order chi connectivity index (χ0) is 30.2. The van der Waals surface area contributed by atoms with E-state index in [-0.39, 0.29) is 24.1 Å². The van der Waals surface area contributed by atoms with Crippen LogP contribution in [0.3, 0.4) is 0 Å². The molecule has 1 heterocycles. The molecule has 0 bridgehead atoms. The van der Waals surface area contributed by atoms with E-state index >= 15 is 0 Å². The first-order chi connectivity index (χ1) is 20.9. The molecule has 4 N–H and O–H groups in total. The number of hydrogen-bond acceptors (Lipinski definition) is 8. The minimum Gasteiger partial charge on any atom is -0.497 e. The molecule has 10 nitrogen and oxygen atoms in total. The second-order valence-corrected chi connectivity index (χ2v) is 10.5. The number of carbonyl (C=O) groups excluding carboxylic acids is 1. The number of hydrogen-bond donors (Lipinski definition) is 4. The van der Waals surface area contributed by atoms with Gasteiger partial charge in [-0.3, -0.25) is 9.52 Å². The van der Waals surface area contributed by atoms with Crippen LogP contribution in [0.2, 0.25) is 0 Å². The Morgan fingerprint density at radius 2 is 1.51 bits per heavy atom. The molecule has 0 radical (unpaired) electrons. The van der Waals surface area contributed by atoms with Crippen LogP contribution in [0.5, 0.6) is 11.5 Å². The molecular formula is C31H29FN6O4S. The lowest BCUT2D eigenvalue weighted by Gasteiger charge is -2.15. The van der Waals surface area contributed by atoms with E-state index in [1.54, 1.807) is 68.8 Å². The molecule has 0 aliphatic carbocycles. The fraction of sp³-hybridized carbons (Fsp3) is 0.129. The van der Waals surface area contributed by atoms with Crippen LogP contribution in [0.4, 0.5) is 27.4 Å². The van der Waals surface area contributed by atoms with E-state index in [0.717, 1.165) is 5.56 Å². The lowest BCUT2D eigenvalue weighted by molar-refractivity contribution is -0.115. The summed E-state index contributed by atoms with van der Waals surface area (Å²) < 4.78 is 40.5. The van der Waals surface area contributed by atoms with Crippen LogP contribution < -0.4 is 30.1 Å². The smallest absolute Gasteiger partial charge is 0.238 e. The Morgan fingerprint density at radius 1 is 0.814 bits per heavy atom. The Bertz CT molecular complexity index is 1770. The van der Waals surface area contributed by atoms with Crippen molar-refractivity contribution in [1.82, 2.24) is 15.3 Å². The zero-order valence-electron chi connectivity index (χ0n) is 23.4. The van der Waals surface area contributed by atoms with Gasteiger partial charge in [-0.15, -0.1) is 0 Å². The van der Waals surface area contributed by atoms with Crippen molar-refractivity contribution in [2.24, 2.45) is 0 Å². The van der Waals surface area contributed by atoms with E-state index in [4.69, 9.17) is 14.5 Å². The maximum Gasteiger partial charge on any atom is 0.238 e. The van der Waals surface area contributed by atoms with Gasteiger partial charge in [-0.1, -0.05) is 30.3 Å². The number of aromatic nitrogens is 2. The molecule has 0 aliphatic heterocycles. The van der Waals surface area contributed by atoms with Gasteiger partial charge in [0.15, 0.2) is 22.6 Å². The van der Waals surface area contributed by atoms with Gasteiger partial charge in [-0.25, -0.2) is 18.6 Å². The number of nitrogens with zero attached hydrogens (tertiary/aromatic N) is 2. The summed E-state index contributed by atoms with van der Waals surface area (Å²) in [5.41, 5.74) is 3.09. The van der Waals surface area contributed by atoms with Gasteiger partial charge in [0.05, 0.1) is 36.7 Å². The molecule has 0 saturated heterocycles. The lowest BCUT2D eigenvalue weighted by atomic mass is 10.2. The number of anilines is 4. The van der Waals surface area contributed by atoms with Crippen LogP contribution in [-0.2, 0) is 22.3 Å². The molecule has 43 heavy (non-hydrogen) atoms. The predicted octanol–water partition coefficient (Wildman–Crippen LogP) is 5.39. The molecular weight excluding hydrogens is 571 g/mol. The highest BCUT2D eigenvalue weighted by Crippen LogP contribution is 2.31. The molecule has 220 valence electrons. The lowest BCUT2D eigenvalue weighted by Crippen LogP contribution is -2.27. The molecule has 12 heteroatoms. The number of halogens is 1. The predicted molar refractivity (Wildman–Crippen MR) is 166 cm³/mol. The van der Waals surface area contributed by atoms with Gasteiger partial charge in [0.1, 0.15) is 17.3 Å². The van der Waals surface area contributed by atoms with E-state index in [1.165, 1.54) is 12.1 Å². The Hall–Kier alpha value is -5.07. The first-order valence-corrected chi connectivity index (χ1v) is 14.4. The van der Waals surface area contributed by atoms with Crippen LogP contribution in [0, 0.1) is 5.82 Å². The molecule has 1 aromatic heterocycles. The van der Waals surface area contributed by atoms with E-state index < -0.39 is 11.0 Å². The number of fused-ring (bicyclic) bond motifs is 1. The number of nitrogens with one attached hydrogen (secondary N) is 4. The van der Waals surface area contributed by atoms with Crippen molar-refractivity contribution < 1.29 is 22.9 Å². The maximum absolute atomic E-state index is 13.5. The van der Waals surface area contributed by atoms with Crippen molar-refractivity contribution in [2.45, 2.75) is 11.4 Å². The van der Waals surface area contributed by atoms with Gasteiger partial charge in [0.25, 0.3) is 0 Å². The monoisotopic (exact) mass is 600 g/mol. The number of rotatable bonds is 12. The summed E-state index contributed by atoms with van der Waals surface area (Å²) in [5, 5.41) is 9.00. The van der Waals surface area contributed by atoms with Crippen molar-refractivity contribution in [3.63, 3.8) is 0 Å². The molecule has 5 aromatic rings. The minimum atomic E-state index is -1.76. The largest absolute Gasteiger partial charge is 0.497 e. The number of para-hydroxylation sites is 2. The third kappa shape index (κ3) is 7.82. The second-order valence-electron chi connectivity index (χ2n) is 9.32. The highest BCUT2D eigenvalue weighted by atomic mass is 32.2. The Balaban J connectivity index is 1.31. The third-order valence-electron chi connectivity index (χ3n) is 6.21. The average molecular weight is 601 g/mol. The molecule has 1 unspecified atom stereocenters. The maximum atomic E-state index is 13.5. The molecule has 0 fully saturated rings. The van der Waals surface area contributed by atoms with Crippen LogP contribution in [0.15, 0.2) is 95.9 Å². The van der Waals surface area contributed by atoms with Gasteiger partial charge in [0.2, 0.25) is 5.91 Å². The Labute approximate surface area is 250 Å². The van der Waals surface area contributed by atoms with Gasteiger partial charge in [-0.2, -0.15) is 0 Å². The summed E-state index contributed by atoms with van der Waals surface area (Å²) in [4.78, 5) is 22.3. The van der Waals surface area contributed by atoms with E-state index in [2.05, 4.69) is 25.7 Å². The second kappa shape index (κ2) is 13.7. The third-order valence-corrected chi connectivity index (χ3v) is 7.27. The number of benzene rings is 4. The fourth-order valence-corrected chi connectivity index (χ4v) is 5.06. The summed E-state index contributed by atoms with van der Waals surface area (Å²) in [7, 11) is 1.36. The standard InChI is InChI=1S/C31H29FN6O4S/c1-41-24-14-23(15-25(17-24)42-2)35-30-31(37-28-12-4-3-11-27(28)36-30)38-43(40)26-10-6-9-22(16-26)34-29(39)19-33-18-20-7-5-8-21(32)13-20/h3-17,33H,18-19H2,1-2H3,(H,34,39)(H,35,36)(H,37,38). The molecule has 1 amide bonds. The number of carbonyl (C=O) groups is 1. The molecule has 5 rings (SSSR count). The normalized spacial score (nSPS) is 11.5. The molecule has 0 saturated carbocycles. The number of amides is 1. The summed E-state index contributed by atoms with van der Waals surface area (Å²) in [6.07, 6.45) is 0. The SMILES string of the molecule is COc1cc(Nc2nc3ccccc3nc2NS(=O)c2cccc(NC(=O)CNCc3cccc(F)c3)c2)cc(OC)c1. The fourth-order valence-electron chi connectivity index (χ4n) is 4.18. The molecule has 1 atom stereocenters. The quantitative estimate of drug-likeness (QED) is 0.150. The van der Waals surface area contributed by atoms with Crippen molar-refractivity contribution in [2.75, 3.05) is 36.1 Å². The summed E-state index contributed by atoms with van der Waals surface area (Å²) in [6.45, 7) is 0.351. The Morgan fingerprint density at radius 3 is 2.21 bits per heavy atom. The van der Waals surface area contributed by atoms with Gasteiger partial charge < -0.3 is 25.4 Å². The first kappa shape index (κ1) is 29.4.